The van der Waals surface area contributed by atoms with E-state index in [1.807, 2.05) is 13.0 Å². The Morgan fingerprint density at radius 3 is 2.94 bits per heavy atom. The summed E-state index contributed by atoms with van der Waals surface area (Å²) in [5, 5.41) is 9.78. The van der Waals surface area contributed by atoms with Gasteiger partial charge in [-0.2, -0.15) is 0 Å². The second-order valence-corrected chi connectivity index (χ2v) is 4.28. The van der Waals surface area contributed by atoms with Gasteiger partial charge in [0.15, 0.2) is 0 Å². The highest BCUT2D eigenvalue weighted by Gasteiger charge is 2.19. The minimum absolute atomic E-state index is 0.0557. The minimum Gasteiger partial charge on any atom is -0.507 e. The number of aryl methyl sites for hydroxylation is 1. The Hall–Kier alpha value is -1.55. The Labute approximate surface area is 101 Å². The van der Waals surface area contributed by atoms with Crippen LogP contribution in [0, 0.1) is 6.92 Å². The summed E-state index contributed by atoms with van der Waals surface area (Å²) in [6.07, 6.45) is 0.846. The van der Waals surface area contributed by atoms with E-state index in [0.717, 1.165) is 12.0 Å². The topological polar surface area (TPSA) is 49.8 Å². The molecule has 1 aromatic rings. The van der Waals surface area contributed by atoms with Crippen molar-refractivity contribution >= 4 is 5.91 Å². The van der Waals surface area contributed by atoms with E-state index >= 15 is 0 Å². The van der Waals surface area contributed by atoms with E-state index in [1.165, 1.54) is 0 Å². The lowest BCUT2D eigenvalue weighted by Gasteiger charge is -2.20. The third-order valence-corrected chi connectivity index (χ3v) is 2.89. The van der Waals surface area contributed by atoms with Crippen molar-refractivity contribution < 1.29 is 14.6 Å². The second kappa shape index (κ2) is 5.19. The van der Waals surface area contributed by atoms with Crippen LogP contribution in [0.25, 0.3) is 0 Å². The van der Waals surface area contributed by atoms with Crippen LogP contribution < -0.4 is 0 Å². The highest BCUT2D eigenvalue weighted by atomic mass is 16.5. The lowest BCUT2D eigenvalue weighted by atomic mass is 10.1. The number of aromatic hydroxyl groups is 1. The standard InChI is InChI=1S/C13H17NO3/c1-10-3-4-11(12(15)9-10)13(16)14-5-2-7-17-8-6-14/h3-4,9,15H,2,5-8H2,1H3. The molecule has 1 aromatic carbocycles. The van der Waals surface area contributed by atoms with Gasteiger partial charge in [0.2, 0.25) is 0 Å². The van der Waals surface area contributed by atoms with Crippen molar-refractivity contribution in [2.45, 2.75) is 13.3 Å². The zero-order valence-electron chi connectivity index (χ0n) is 9.98. The molecule has 1 saturated heterocycles. The molecule has 4 nitrogen and oxygen atoms in total. The number of phenolic OH excluding ortho intramolecular Hbond substituents is 1. The van der Waals surface area contributed by atoms with E-state index in [9.17, 15) is 9.90 Å². The molecule has 1 aliphatic rings. The maximum absolute atomic E-state index is 12.2. The highest BCUT2D eigenvalue weighted by Crippen LogP contribution is 2.20. The molecule has 0 saturated carbocycles. The van der Waals surface area contributed by atoms with Gasteiger partial charge in [0.25, 0.3) is 5.91 Å². The lowest BCUT2D eigenvalue weighted by Crippen LogP contribution is -2.33. The summed E-state index contributed by atoms with van der Waals surface area (Å²) >= 11 is 0. The predicted octanol–water partition coefficient (Wildman–Crippen LogP) is 1.56. The van der Waals surface area contributed by atoms with Crippen LogP contribution in [0.4, 0.5) is 0 Å². The molecule has 0 aromatic heterocycles. The van der Waals surface area contributed by atoms with Crippen molar-refractivity contribution in [2.75, 3.05) is 26.3 Å². The predicted molar refractivity (Wildman–Crippen MR) is 64.2 cm³/mol. The van der Waals surface area contributed by atoms with Crippen molar-refractivity contribution in [2.24, 2.45) is 0 Å². The number of rotatable bonds is 1. The van der Waals surface area contributed by atoms with E-state index < -0.39 is 0 Å². The van der Waals surface area contributed by atoms with Gasteiger partial charge in [-0.3, -0.25) is 4.79 Å². The monoisotopic (exact) mass is 235 g/mol. The molecule has 1 N–H and O–H groups in total. The first-order chi connectivity index (χ1) is 8.18. The Bertz CT molecular complexity index is 409. The van der Waals surface area contributed by atoms with Crippen molar-refractivity contribution in [3.8, 4) is 5.75 Å². The average molecular weight is 235 g/mol. The summed E-state index contributed by atoms with van der Waals surface area (Å²) in [7, 11) is 0. The molecule has 1 aliphatic heterocycles. The van der Waals surface area contributed by atoms with Gasteiger partial charge in [0, 0.05) is 19.7 Å². The van der Waals surface area contributed by atoms with Crippen LogP contribution in [0.2, 0.25) is 0 Å². The maximum Gasteiger partial charge on any atom is 0.257 e. The first kappa shape index (κ1) is 11.9. The number of hydrogen-bond donors (Lipinski definition) is 1. The molecule has 0 unspecified atom stereocenters. The fourth-order valence-electron chi connectivity index (χ4n) is 1.94. The summed E-state index contributed by atoms with van der Waals surface area (Å²) in [5.41, 5.74) is 1.32. The summed E-state index contributed by atoms with van der Waals surface area (Å²) < 4.78 is 5.30. The number of benzene rings is 1. The molecule has 1 heterocycles. The van der Waals surface area contributed by atoms with Crippen LogP contribution in [0.5, 0.6) is 5.75 Å². The Morgan fingerprint density at radius 2 is 2.18 bits per heavy atom. The van der Waals surface area contributed by atoms with Crippen LogP contribution >= 0.6 is 0 Å². The fraction of sp³-hybridized carbons (Fsp3) is 0.462. The van der Waals surface area contributed by atoms with Gasteiger partial charge in [0.1, 0.15) is 5.75 Å². The van der Waals surface area contributed by atoms with E-state index in [0.29, 0.717) is 31.9 Å². The maximum atomic E-state index is 12.2. The SMILES string of the molecule is Cc1ccc(C(=O)N2CCCOCC2)c(O)c1. The number of carbonyl (C=O) groups is 1. The summed E-state index contributed by atoms with van der Waals surface area (Å²) in [6.45, 7) is 4.42. The minimum atomic E-state index is -0.118. The largest absolute Gasteiger partial charge is 0.507 e. The smallest absolute Gasteiger partial charge is 0.257 e. The zero-order chi connectivity index (χ0) is 12.3. The van der Waals surface area contributed by atoms with Gasteiger partial charge < -0.3 is 14.7 Å². The lowest BCUT2D eigenvalue weighted by molar-refractivity contribution is 0.0738. The molecule has 0 radical (unpaired) electrons. The molecule has 1 fully saturated rings. The number of nitrogens with zero attached hydrogens (tertiary/aromatic N) is 1. The van der Waals surface area contributed by atoms with Crippen LogP contribution in [-0.2, 0) is 4.74 Å². The van der Waals surface area contributed by atoms with Crippen LogP contribution in [-0.4, -0.2) is 42.2 Å². The number of ether oxygens (including phenoxy) is 1. The second-order valence-electron chi connectivity index (χ2n) is 4.28. The first-order valence-corrected chi connectivity index (χ1v) is 5.85. The molecule has 0 atom stereocenters. The molecular weight excluding hydrogens is 218 g/mol. The highest BCUT2D eigenvalue weighted by molar-refractivity contribution is 5.96. The molecule has 17 heavy (non-hydrogen) atoms. The van der Waals surface area contributed by atoms with Gasteiger partial charge >= 0.3 is 0 Å². The van der Waals surface area contributed by atoms with Crippen molar-refractivity contribution in [3.63, 3.8) is 0 Å². The van der Waals surface area contributed by atoms with Gasteiger partial charge in [-0.15, -0.1) is 0 Å². The van der Waals surface area contributed by atoms with Gasteiger partial charge in [0.05, 0.1) is 12.2 Å². The first-order valence-electron chi connectivity index (χ1n) is 5.85. The van der Waals surface area contributed by atoms with Crippen LogP contribution in [0.1, 0.15) is 22.3 Å². The third-order valence-electron chi connectivity index (χ3n) is 2.89. The van der Waals surface area contributed by atoms with Crippen LogP contribution in [0.15, 0.2) is 18.2 Å². The molecule has 0 aliphatic carbocycles. The molecule has 4 heteroatoms. The summed E-state index contributed by atoms with van der Waals surface area (Å²) in [5.74, 6) is -0.0619. The third kappa shape index (κ3) is 2.77. The van der Waals surface area contributed by atoms with E-state index in [2.05, 4.69) is 0 Å². The Balaban J connectivity index is 2.17. The molecule has 0 bridgehead atoms. The van der Waals surface area contributed by atoms with E-state index in [4.69, 9.17) is 4.74 Å². The Morgan fingerprint density at radius 1 is 1.35 bits per heavy atom. The summed E-state index contributed by atoms with van der Waals surface area (Å²) in [4.78, 5) is 13.9. The van der Waals surface area contributed by atoms with Crippen LogP contribution in [0.3, 0.4) is 0 Å². The quantitative estimate of drug-likeness (QED) is 0.803. The molecule has 2 rings (SSSR count). The van der Waals surface area contributed by atoms with Gasteiger partial charge in [-0.1, -0.05) is 6.07 Å². The zero-order valence-corrected chi connectivity index (χ0v) is 9.98. The van der Waals surface area contributed by atoms with E-state index in [1.54, 1.807) is 17.0 Å². The average Bonchev–Trinajstić information content (AvgIpc) is 2.56. The van der Waals surface area contributed by atoms with Gasteiger partial charge in [-0.05, 0) is 31.0 Å². The molecular formula is C13H17NO3. The summed E-state index contributed by atoms with van der Waals surface area (Å²) in [6, 6.07) is 5.13. The Kier molecular flexibility index (Phi) is 3.64. The molecule has 0 spiro atoms. The van der Waals surface area contributed by atoms with Crippen molar-refractivity contribution in [1.29, 1.82) is 0 Å². The number of hydrogen-bond acceptors (Lipinski definition) is 3. The van der Waals surface area contributed by atoms with Crippen molar-refractivity contribution in [1.82, 2.24) is 4.90 Å². The normalized spacial score (nSPS) is 16.6. The van der Waals surface area contributed by atoms with E-state index in [-0.39, 0.29) is 11.7 Å². The fourth-order valence-corrected chi connectivity index (χ4v) is 1.94. The molecule has 1 amide bonds. The number of carbonyl (C=O) groups excluding carboxylic acids is 1. The van der Waals surface area contributed by atoms with Crippen molar-refractivity contribution in [3.05, 3.63) is 29.3 Å². The number of phenols is 1. The number of amides is 1. The van der Waals surface area contributed by atoms with Gasteiger partial charge in [-0.25, -0.2) is 0 Å². The molecule has 92 valence electrons.